The quantitative estimate of drug-likeness (QED) is 0.882. The zero-order valence-electron chi connectivity index (χ0n) is 16.1. The van der Waals surface area contributed by atoms with Gasteiger partial charge in [0.1, 0.15) is 0 Å². The van der Waals surface area contributed by atoms with Crippen LogP contribution in [0.1, 0.15) is 63.5 Å². The number of carbonyl (C=O) groups is 1. The molecule has 1 saturated carbocycles. The van der Waals surface area contributed by atoms with Gasteiger partial charge >= 0.3 is 6.03 Å². The highest BCUT2D eigenvalue weighted by Crippen LogP contribution is 2.58. The van der Waals surface area contributed by atoms with Crippen LogP contribution in [0.5, 0.6) is 0 Å². The Balaban J connectivity index is 1.46. The maximum Gasteiger partial charge on any atom is 0.317 e. The van der Waals surface area contributed by atoms with Crippen LogP contribution in [-0.4, -0.2) is 48.1 Å². The van der Waals surface area contributed by atoms with Crippen LogP contribution in [0.15, 0.2) is 30.3 Å². The molecule has 0 radical (unpaired) electrons. The van der Waals surface area contributed by atoms with Crippen molar-refractivity contribution in [2.45, 2.75) is 64.0 Å². The molecule has 1 aliphatic carbocycles. The van der Waals surface area contributed by atoms with Crippen molar-refractivity contribution in [3.63, 3.8) is 0 Å². The van der Waals surface area contributed by atoms with Crippen LogP contribution in [0.2, 0.25) is 0 Å². The summed E-state index contributed by atoms with van der Waals surface area (Å²) >= 11 is 0. The Morgan fingerprint density at radius 3 is 2.46 bits per heavy atom. The van der Waals surface area contributed by atoms with Crippen LogP contribution in [0.3, 0.4) is 0 Å². The van der Waals surface area contributed by atoms with E-state index in [2.05, 4.69) is 40.5 Å². The third-order valence-electron chi connectivity index (χ3n) is 6.92. The van der Waals surface area contributed by atoms with E-state index in [1.54, 1.807) is 0 Å². The van der Waals surface area contributed by atoms with Gasteiger partial charge in [0.15, 0.2) is 0 Å². The fourth-order valence-electron chi connectivity index (χ4n) is 5.65. The molecule has 4 heteroatoms. The van der Waals surface area contributed by atoms with Crippen molar-refractivity contribution in [3.05, 3.63) is 35.9 Å². The SMILES string of the molecule is CCNC(=O)N1CCC(N2CC3(CCCCC3)C2c2ccccc2)CC1. The Labute approximate surface area is 157 Å². The second-order valence-electron chi connectivity index (χ2n) is 8.46. The topological polar surface area (TPSA) is 35.6 Å². The lowest BCUT2D eigenvalue weighted by molar-refractivity contribution is -0.132. The molecule has 142 valence electrons. The molecule has 4 rings (SSSR count). The summed E-state index contributed by atoms with van der Waals surface area (Å²) in [5, 5.41) is 2.94. The first-order valence-electron chi connectivity index (χ1n) is 10.6. The molecule has 1 N–H and O–H groups in total. The van der Waals surface area contributed by atoms with E-state index in [4.69, 9.17) is 0 Å². The lowest BCUT2D eigenvalue weighted by atomic mass is 9.60. The number of benzene rings is 1. The molecule has 1 unspecified atom stereocenters. The summed E-state index contributed by atoms with van der Waals surface area (Å²) in [6.07, 6.45) is 9.20. The van der Waals surface area contributed by atoms with Crippen LogP contribution in [0.25, 0.3) is 0 Å². The predicted molar refractivity (Wildman–Crippen MR) is 105 cm³/mol. The van der Waals surface area contributed by atoms with E-state index in [0.29, 0.717) is 24.0 Å². The molecule has 3 fully saturated rings. The molecule has 2 saturated heterocycles. The van der Waals surface area contributed by atoms with E-state index >= 15 is 0 Å². The first-order valence-corrected chi connectivity index (χ1v) is 10.6. The number of nitrogens with one attached hydrogen (secondary N) is 1. The number of nitrogens with zero attached hydrogens (tertiary/aromatic N) is 2. The highest BCUT2D eigenvalue weighted by Gasteiger charge is 2.54. The summed E-state index contributed by atoms with van der Waals surface area (Å²) in [5.74, 6) is 0. The normalized spacial score (nSPS) is 26.5. The maximum atomic E-state index is 12.1. The molecular formula is C22H33N3O. The van der Waals surface area contributed by atoms with Gasteiger partial charge in [-0.1, -0.05) is 49.6 Å². The number of hydrogen-bond acceptors (Lipinski definition) is 2. The molecule has 0 bridgehead atoms. The average Bonchev–Trinajstić information content (AvgIpc) is 2.68. The van der Waals surface area contributed by atoms with Gasteiger partial charge < -0.3 is 10.2 Å². The number of amides is 2. The smallest absolute Gasteiger partial charge is 0.317 e. The summed E-state index contributed by atoms with van der Waals surface area (Å²) in [7, 11) is 0. The second-order valence-corrected chi connectivity index (χ2v) is 8.46. The summed E-state index contributed by atoms with van der Waals surface area (Å²) < 4.78 is 0. The molecule has 1 atom stereocenters. The number of rotatable bonds is 3. The van der Waals surface area contributed by atoms with Gasteiger partial charge in [0.2, 0.25) is 0 Å². The van der Waals surface area contributed by atoms with Gasteiger partial charge in [-0.15, -0.1) is 0 Å². The van der Waals surface area contributed by atoms with Gasteiger partial charge in [0.05, 0.1) is 0 Å². The molecule has 2 amide bonds. The van der Waals surface area contributed by atoms with E-state index in [0.717, 1.165) is 25.9 Å². The third kappa shape index (κ3) is 3.24. The number of carbonyl (C=O) groups excluding carboxylic acids is 1. The van der Waals surface area contributed by atoms with Crippen molar-refractivity contribution in [2.75, 3.05) is 26.2 Å². The van der Waals surface area contributed by atoms with Gasteiger partial charge in [-0.3, -0.25) is 4.90 Å². The molecule has 4 nitrogen and oxygen atoms in total. The summed E-state index contributed by atoms with van der Waals surface area (Å²) in [5.41, 5.74) is 2.02. The van der Waals surface area contributed by atoms with Crippen molar-refractivity contribution in [1.29, 1.82) is 0 Å². The highest BCUT2D eigenvalue weighted by molar-refractivity contribution is 5.74. The van der Waals surface area contributed by atoms with Crippen molar-refractivity contribution in [3.8, 4) is 0 Å². The lowest BCUT2D eigenvalue weighted by Crippen LogP contribution is -2.64. The van der Waals surface area contributed by atoms with E-state index in [1.165, 1.54) is 44.2 Å². The number of hydrogen-bond donors (Lipinski definition) is 1. The van der Waals surface area contributed by atoms with Crippen molar-refractivity contribution >= 4 is 6.03 Å². The molecule has 0 aromatic heterocycles. The van der Waals surface area contributed by atoms with E-state index < -0.39 is 0 Å². The van der Waals surface area contributed by atoms with Gasteiger partial charge in [0.25, 0.3) is 0 Å². The first-order chi connectivity index (χ1) is 12.7. The Morgan fingerprint density at radius 2 is 1.81 bits per heavy atom. The minimum atomic E-state index is 0.109. The molecule has 2 heterocycles. The van der Waals surface area contributed by atoms with Crippen molar-refractivity contribution in [1.82, 2.24) is 15.1 Å². The maximum absolute atomic E-state index is 12.1. The number of likely N-dealkylation sites (tertiary alicyclic amines) is 2. The van der Waals surface area contributed by atoms with Gasteiger partial charge in [0, 0.05) is 43.7 Å². The zero-order chi connectivity index (χ0) is 18.0. The van der Waals surface area contributed by atoms with Gasteiger partial charge in [-0.05, 0) is 38.2 Å². The fourth-order valence-corrected chi connectivity index (χ4v) is 5.65. The monoisotopic (exact) mass is 355 g/mol. The minimum absolute atomic E-state index is 0.109. The largest absolute Gasteiger partial charge is 0.338 e. The average molecular weight is 356 g/mol. The Kier molecular flexibility index (Phi) is 5.21. The van der Waals surface area contributed by atoms with Crippen LogP contribution in [0.4, 0.5) is 4.79 Å². The molecule has 26 heavy (non-hydrogen) atoms. The Morgan fingerprint density at radius 1 is 1.12 bits per heavy atom. The third-order valence-corrected chi connectivity index (χ3v) is 6.92. The van der Waals surface area contributed by atoms with Crippen LogP contribution >= 0.6 is 0 Å². The number of urea groups is 1. The molecule has 2 aliphatic heterocycles. The van der Waals surface area contributed by atoms with Crippen LogP contribution in [-0.2, 0) is 0 Å². The summed E-state index contributed by atoms with van der Waals surface area (Å²) in [4.78, 5) is 16.9. The predicted octanol–water partition coefficient (Wildman–Crippen LogP) is 4.19. The lowest BCUT2D eigenvalue weighted by Gasteiger charge is -2.63. The van der Waals surface area contributed by atoms with Crippen LogP contribution < -0.4 is 5.32 Å². The minimum Gasteiger partial charge on any atom is -0.338 e. The highest BCUT2D eigenvalue weighted by atomic mass is 16.2. The Bertz CT molecular complexity index is 603. The molecule has 1 aromatic rings. The summed E-state index contributed by atoms with van der Waals surface area (Å²) in [6, 6.07) is 12.5. The van der Waals surface area contributed by atoms with Crippen molar-refractivity contribution < 1.29 is 4.79 Å². The first kappa shape index (κ1) is 17.8. The van der Waals surface area contributed by atoms with E-state index in [9.17, 15) is 4.79 Å². The fraction of sp³-hybridized carbons (Fsp3) is 0.682. The molecule has 3 aliphatic rings. The Hall–Kier alpha value is -1.55. The standard InChI is InChI=1S/C22H33N3O/c1-2-23-21(26)24-15-11-19(12-16-24)25-17-22(13-7-4-8-14-22)20(25)18-9-5-3-6-10-18/h3,5-6,9-10,19-20H,2,4,7-8,11-17H2,1H3,(H,23,26). The molecular weight excluding hydrogens is 322 g/mol. The van der Waals surface area contributed by atoms with E-state index in [1.807, 2.05) is 11.8 Å². The summed E-state index contributed by atoms with van der Waals surface area (Å²) in [6.45, 7) is 5.74. The zero-order valence-corrected chi connectivity index (χ0v) is 16.1. The van der Waals surface area contributed by atoms with Crippen LogP contribution in [0, 0.1) is 5.41 Å². The van der Waals surface area contributed by atoms with Crippen molar-refractivity contribution in [2.24, 2.45) is 5.41 Å². The number of piperidine rings is 1. The van der Waals surface area contributed by atoms with Gasteiger partial charge in [-0.2, -0.15) is 0 Å². The van der Waals surface area contributed by atoms with Gasteiger partial charge in [-0.25, -0.2) is 4.79 Å². The second kappa shape index (κ2) is 7.59. The van der Waals surface area contributed by atoms with E-state index in [-0.39, 0.29) is 6.03 Å². The molecule has 1 spiro atoms. The molecule has 1 aromatic carbocycles.